The van der Waals surface area contributed by atoms with Crippen LogP contribution in [0.2, 0.25) is 0 Å². The fourth-order valence-electron chi connectivity index (χ4n) is 1.41. The van der Waals surface area contributed by atoms with Gasteiger partial charge in [-0.3, -0.25) is 14.2 Å². The molecule has 0 aliphatic rings. The summed E-state index contributed by atoms with van der Waals surface area (Å²) in [5.74, 6) is -1.10. The molecule has 0 heterocycles. The maximum Gasteiger partial charge on any atom is 0.338 e. The third kappa shape index (κ3) is 8.10. The van der Waals surface area contributed by atoms with Gasteiger partial charge in [-0.1, -0.05) is 0 Å². The van der Waals surface area contributed by atoms with Crippen LogP contribution in [0.15, 0.2) is 0 Å². The second-order valence-corrected chi connectivity index (χ2v) is 5.84. The van der Waals surface area contributed by atoms with Crippen LogP contribution < -0.4 is 0 Å². The summed E-state index contributed by atoms with van der Waals surface area (Å²) in [5.41, 5.74) is 0. The van der Waals surface area contributed by atoms with E-state index in [1.165, 1.54) is 7.11 Å². The Balaban J connectivity index is 4.34. The van der Waals surface area contributed by atoms with Crippen molar-refractivity contribution in [2.75, 3.05) is 26.5 Å². The summed E-state index contributed by atoms with van der Waals surface area (Å²) in [6.07, 6.45) is -2.14. The Hall–Kier alpha value is -0.750. The first kappa shape index (κ1) is 18.2. The quantitative estimate of drug-likeness (QED) is 0.476. The minimum absolute atomic E-state index is 0.162. The number of aliphatic hydroxyl groups is 1. The molecular weight excluding hydrogens is 275 g/mol. The lowest BCUT2D eigenvalue weighted by molar-refractivity contribution is -0.143. The van der Waals surface area contributed by atoms with Crippen molar-refractivity contribution in [3.05, 3.63) is 0 Å². The lowest BCUT2D eigenvalue weighted by Gasteiger charge is -2.16. The molecule has 8 heteroatoms. The van der Waals surface area contributed by atoms with Crippen LogP contribution in [0.1, 0.15) is 26.7 Å². The summed E-state index contributed by atoms with van der Waals surface area (Å²) in [7, 11) is -2.26. The van der Waals surface area contributed by atoms with Crippen molar-refractivity contribution in [1.29, 1.82) is 0 Å². The normalized spacial score (nSPS) is 13.1. The number of carbonyl (C=O) groups is 2. The Morgan fingerprint density at radius 2 is 1.68 bits per heavy atom. The molecule has 0 radical (unpaired) electrons. The lowest BCUT2D eigenvalue weighted by atomic mass is 10.1. The van der Waals surface area contributed by atoms with E-state index in [2.05, 4.69) is 4.74 Å². The van der Waals surface area contributed by atoms with E-state index in [1.807, 2.05) is 0 Å². The van der Waals surface area contributed by atoms with Crippen LogP contribution in [0.5, 0.6) is 0 Å². The van der Waals surface area contributed by atoms with Crippen LogP contribution >= 0.6 is 7.60 Å². The molecule has 7 nitrogen and oxygen atoms in total. The standard InChI is InChI=1S/C11H21O7P/c1-4-17-19(15,18-5-2)8-10(13)6-9(12)7-11(14)16-3/h9,12H,4-8H2,1-3H3. The molecule has 0 aromatic rings. The first-order chi connectivity index (χ1) is 8.86. The Morgan fingerprint density at radius 3 is 2.11 bits per heavy atom. The van der Waals surface area contributed by atoms with Gasteiger partial charge in [-0.25, -0.2) is 0 Å². The number of esters is 1. The molecule has 0 saturated carbocycles. The number of Topliss-reactive ketones (excluding diaryl/α,β-unsaturated/α-hetero) is 1. The molecule has 1 unspecified atom stereocenters. The van der Waals surface area contributed by atoms with E-state index in [0.29, 0.717) is 0 Å². The highest BCUT2D eigenvalue weighted by atomic mass is 31.2. The minimum atomic E-state index is -3.45. The van der Waals surface area contributed by atoms with Crippen molar-refractivity contribution in [2.45, 2.75) is 32.8 Å². The van der Waals surface area contributed by atoms with Crippen molar-refractivity contribution in [3.8, 4) is 0 Å². The van der Waals surface area contributed by atoms with Crippen LogP contribution in [-0.2, 0) is 27.9 Å². The third-order valence-corrected chi connectivity index (χ3v) is 4.16. The molecule has 0 bridgehead atoms. The van der Waals surface area contributed by atoms with Crippen molar-refractivity contribution >= 4 is 19.3 Å². The van der Waals surface area contributed by atoms with Gasteiger partial charge in [-0.05, 0) is 13.8 Å². The Labute approximate surface area is 112 Å². The summed E-state index contributed by atoms with van der Waals surface area (Å²) in [6.45, 7) is 3.61. The Morgan fingerprint density at radius 1 is 1.16 bits per heavy atom. The highest BCUT2D eigenvalue weighted by molar-refractivity contribution is 7.54. The van der Waals surface area contributed by atoms with Crippen molar-refractivity contribution in [3.63, 3.8) is 0 Å². The van der Waals surface area contributed by atoms with E-state index >= 15 is 0 Å². The summed E-state index contributed by atoms with van der Waals surface area (Å²) < 4.78 is 26.3. The van der Waals surface area contributed by atoms with Crippen LogP contribution in [0.25, 0.3) is 0 Å². The highest BCUT2D eigenvalue weighted by Gasteiger charge is 2.28. The number of aliphatic hydroxyl groups excluding tert-OH is 1. The van der Waals surface area contributed by atoms with E-state index in [4.69, 9.17) is 9.05 Å². The number of ketones is 1. The monoisotopic (exact) mass is 296 g/mol. The summed E-state index contributed by atoms with van der Waals surface area (Å²) >= 11 is 0. The van der Waals surface area contributed by atoms with Gasteiger partial charge in [0.1, 0.15) is 11.9 Å². The zero-order chi connectivity index (χ0) is 14.9. The van der Waals surface area contributed by atoms with E-state index in [9.17, 15) is 19.3 Å². The molecule has 19 heavy (non-hydrogen) atoms. The van der Waals surface area contributed by atoms with E-state index < -0.39 is 31.6 Å². The highest BCUT2D eigenvalue weighted by Crippen LogP contribution is 2.48. The van der Waals surface area contributed by atoms with Gasteiger partial charge in [0, 0.05) is 6.42 Å². The predicted molar refractivity (Wildman–Crippen MR) is 68.0 cm³/mol. The van der Waals surface area contributed by atoms with Gasteiger partial charge in [0.15, 0.2) is 0 Å². The van der Waals surface area contributed by atoms with Crippen LogP contribution in [0, 0.1) is 0 Å². The van der Waals surface area contributed by atoms with Gasteiger partial charge < -0.3 is 18.9 Å². The van der Waals surface area contributed by atoms with Crippen LogP contribution in [0.4, 0.5) is 0 Å². The first-order valence-electron chi connectivity index (χ1n) is 6.01. The van der Waals surface area contributed by atoms with Crippen molar-refractivity contribution < 1.29 is 33.0 Å². The number of hydrogen-bond acceptors (Lipinski definition) is 7. The third-order valence-electron chi connectivity index (χ3n) is 2.11. The average Bonchev–Trinajstić information content (AvgIpc) is 2.28. The number of ether oxygens (including phenoxy) is 1. The number of methoxy groups -OCH3 is 1. The topological polar surface area (TPSA) is 99.1 Å². The lowest BCUT2D eigenvalue weighted by Crippen LogP contribution is -2.21. The number of hydrogen-bond donors (Lipinski definition) is 1. The van der Waals surface area contributed by atoms with Gasteiger partial charge in [-0.2, -0.15) is 0 Å². The summed E-state index contributed by atoms with van der Waals surface area (Å²) in [4.78, 5) is 22.5. The maximum absolute atomic E-state index is 12.0. The smallest absolute Gasteiger partial charge is 0.338 e. The first-order valence-corrected chi connectivity index (χ1v) is 7.74. The van der Waals surface area contributed by atoms with Crippen molar-refractivity contribution in [1.82, 2.24) is 0 Å². The summed E-state index contributed by atoms with van der Waals surface area (Å²) in [6, 6.07) is 0. The maximum atomic E-state index is 12.0. The second kappa shape index (κ2) is 9.20. The van der Waals surface area contributed by atoms with Crippen molar-refractivity contribution in [2.24, 2.45) is 0 Å². The molecule has 0 spiro atoms. The average molecular weight is 296 g/mol. The zero-order valence-electron chi connectivity index (χ0n) is 11.5. The Kier molecular flexibility index (Phi) is 8.84. The van der Waals surface area contributed by atoms with E-state index in [-0.39, 0.29) is 26.1 Å². The molecule has 1 N–H and O–H groups in total. The largest absolute Gasteiger partial charge is 0.469 e. The molecule has 0 aliphatic heterocycles. The molecule has 0 fully saturated rings. The molecule has 1 atom stereocenters. The molecule has 0 rings (SSSR count). The molecule has 0 aromatic heterocycles. The molecule has 0 aromatic carbocycles. The molecule has 0 aliphatic carbocycles. The molecule has 0 amide bonds. The SMILES string of the molecule is CCOP(=O)(CC(=O)CC(O)CC(=O)OC)OCC. The zero-order valence-corrected chi connectivity index (χ0v) is 12.4. The van der Waals surface area contributed by atoms with Gasteiger partial charge in [0.2, 0.25) is 0 Å². The molecule has 112 valence electrons. The van der Waals surface area contributed by atoms with Gasteiger partial charge in [0.05, 0.1) is 32.8 Å². The van der Waals surface area contributed by atoms with E-state index in [0.717, 1.165) is 0 Å². The minimum Gasteiger partial charge on any atom is -0.469 e. The van der Waals surface area contributed by atoms with Gasteiger partial charge in [-0.15, -0.1) is 0 Å². The molecule has 0 saturated heterocycles. The molecular formula is C11H21O7P. The van der Waals surface area contributed by atoms with Gasteiger partial charge >= 0.3 is 13.6 Å². The summed E-state index contributed by atoms with van der Waals surface area (Å²) in [5, 5.41) is 9.48. The van der Waals surface area contributed by atoms with E-state index in [1.54, 1.807) is 13.8 Å². The number of rotatable bonds is 10. The van der Waals surface area contributed by atoms with Gasteiger partial charge in [0.25, 0.3) is 0 Å². The fraction of sp³-hybridized carbons (Fsp3) is 0.818. The second-order valence-electron chi connectivity index (χ2n) is 3.78. The van der Waals surface area contributed by atoms with Crippen LogP contribution in [-0.4, -0.2) is 49.4 Å². The number of carbonyl (C=O) groups excluding carboxylic acids is 2. The fourth-order valence-corrected chi connectivity index (χ4v) is 3.02. The van der Waals surface area contributed by atoms with Crippen LogP contribution in [0.3, 0.4) is 0 Å². The predicted octanol–water partition coefficient (Wildman–Crippen LogP) is 1.14. The Bertz CT molecular complexity index is 332.